The molecule has 2 amide bonds. The van der Waals surface area contributed by atoms with Crippen LogP contribution in [0.2, 0.25) is 5.02 Å². The Hall–Kier alpha value is -1.42. The molecule has 4 nitrogen and oxygen atoms in total. The van der Waals surface area contributed by atoms with E-state index < -0.39 is 0 Å². The number of hydrogen-bond acceptors (Lipinski definition) is 2. The average molecular weight is 311 g/mol. The van der Waals surface area contributed by atoms with Crippen molar-refractivity contribution in [2.45, 2.75) is 45.3 Å². The van der Waals surface area contributed by atoms with Crippen molar-refractivity contribution < 1.29 is 9.53 Å². The number of carbonyl (C=O) groups excluding carboxylic acids is 1. The third-order valence-electron chi connectivity index (χ3n) is 3.81. The topological polar surface area (TPSA) is 41.6 Å². The molecule has 1 atom stereocenters. The van der Waals surface area contributed by atoms with Crippen molar-refractivity contribution in [2.75, 3.05) is 13.1 Å². The summed E-state index contributed by atoms with van der Waals surface area (Å²) in [6.07, 6.45) is 2.79. The molecule has 0 radical (unpaired) electrons. The van der Waals surface area contributed by atoms with E-state index in [1.54, 1.807) is 0 Å². The first-order valence-corrected chi connectivity index (χ1v) is 7.94. The minimum atomic E-state index is 0.0329. The van der Waals surface area contributed by atoms with Crippen LogP contribution < -0.4 is 10.1 Å². The quantitative estimate of drug-likeness (QED) is 0.921. The van der Waals surface area contributed by atoms with Crippen LogP contribution in [0.15, 0.2) is 24.3 Å². The Morgan fingerprint density at radius 2 is 2.19 bits per heavy atom. The first-order chi connectivity index (χ1) is 10.1. The summed E-state index contributed by atoms with van der Waals surface area (Å²) in [5, 5.41) is 3.68. The highest BCUT2D eigenvalue weighted by molar-refractivity contribution is 6.30. The number of carbonyl (C=O) groups is 1. The molecule has 21 heavy (non-hydrogen) atoms. The highest BCUT2D eigenvalue weighted by Crippen LogP contribution is 2.22. The van der Waals surface area contributed by atoms with Crippen LogP contribution in [0.3, 0.4) is 0 Å². The van der Waals surface area contributed by atoms with Gasteiger partial charge in [0.15, 0.2) is 0 Å². The van der Waals surface area contributed by atoms with Gasteiger partial charge < -0.3 is 15.0 Å². The first-order valence-electron chi connectivity index (χ1n) is 7.56. The molecule has 0 bridgehead atoms. The number of ether oxygens (including phenoxy) is 1. The van der Waals surface area contributed by atoms with E-state index in [9.17, 15) is 4.79 Å². The molecule has 1 aromatic carbocycles. The highest BCUT2D eigenvalue weighted by Gasteiger charge is 2.24. The van der Waals surface area contributed by atoms with E-state index in [4.69, 9.17) is 16.3 Å². The normalized spacial score (nSPS) is 17.4. The van der Waals surface area contributed by atoms with Gasteiger partial charge in [0, 0.05) is 37.0 Å². The van der Waals surface area contributed by atoms with Crippen LogP contribution in [-0.4, -0.2) is 36.2 Å². The van der Waals surface area contributed by atoms with Gasteiger partial charge in [-0.3, -0.25) is 0 Å². The molecule has 1 fully saturated rings. The molecule has 1 unspecified atom stereocenters. The molecule has 0 aliphatic carbocycles. The summed E-state index contributed by atoms with van der Waals surface area (Å²) in [5.74, 6) is 0.796. The summed E-state index contributed by atoms with van der Waals surface area (Å²) in [6.45, 7) is 5.55. The van der Waals surface area contributed by atoms with Gasteiger partial charge in [0.1, 0.15) is 11.9 Å². The Morgan fingerprint density at radius 1 is 1.48 bits per heavy atom. The van der Waals surface area contributed by atoms with Gasteiger partial charge in [-0.1, -0.05) is 24.6 Å². The van der Waals surface area contributed by atoms with Crippen molar-refractivity contribution >= 4 is 17.6 Å². The molecule has 0 aromatic heterocycles. The molecule has 116 valence electrons. The van der Waals surface area contributed by atoms with Crippen LogP contribution in [0, 0.1) is 0 Å². The van der Waals surface area contributed by atoms with E-state index in [-0.39, 0.29) is 18.2 Å². The third kappa shape index (κ3) is 4.81. The molecule has 1 heterocycles. The maximum atomic E-state index is 12.0. The number of amides is 2. The smallest absolute Gasteiger partial charge is 0.317 e. The van der Waals surface area contributed by atoms with Gasteiger partial charge in [0.2, 0.25) is 0 Å². The summed E-state index contributed by atoms with van der Waals surface area (Å²) < 4.78 is 5.92. The maximum Gasteiger partial charge on any atom is 0.317 e. The molecule has 1 aliphatic rings. The average Bonchev–Trinajstić information content (AvgIpc) is 2.47. The number of rotatable bonds is 4. The molecule has 1 saturated heterocycles. The van der Waals surface area contributed by atoms with Crippen molar-refractivity contribution in [3.05, 3.63) is 29.3 Å². The lowest BCUT2D eigenvalue weighted by atomic mass is 10.1. The SMILES string of the molecule is CCC(C)NC(=O)N1CCC(Oc2cccc(Cl)c2)CC1. The van der Waals surface area contributed by atoms with E-state index in [2.05, 4.69) is 12.2 Å². The fraction of sp³-hybridized carbons (Fsp3) is 0.562. The molecular formula is C16H23ClN2O2. The number of hydrogen-bond donors (Lipinski definition) is 1. The van der Waals surface area contributed by atoms with E-state index in [1.807, 2.05) is 36.1 Å². The van der Waals surface area contributed by atoms with Crippen LogP contribution >= 0.6 is 11.6 Å². The number of benzene rings is 1. The number of likely N-dealkylation sites (tertiary alicyclic amines) is 1. The fourth-order valence-electron chi connectivity index (χ4n) is 2.31. The summed E-state index contributed by atoms with van der Waals surface area (Å²) in [6, 6.07) is 7.70. The molecular weight excluding hydrogens is 288 g/mol. The Labute approximate surface area is 131 Å². The predicted octanol–water partition coefficient (Wildman–Crippen LogP) is 3.69. The number of nitrogens with zero attached hydrogens (tertiary/aromatic N) is 1. The summed E-state index contributed by atoms with van der Waals surface area (Å²) in [4.78, 5) is 13.9. The predicted molar refractivity (Wildman–Crippen MR) is 85.0 cm³/mol. The van der Waals surface area contributed by atoms with Gasteiger partial charge in [0.25, 0.3) is 0 Å². The van der Waals surface area contributed by atoms with E-state index in [0.717, 1.165) is 38.1 Å². The molecule has 1 aromatic rings. The fourth-order valence-corrected chi connectivity index (χ4v) is 2.49. The Kier molecular flexibility index (Phi) is 5.74. The van der Waals surface area contributed by atoms with Gasteiger partial charge in [0.05, 0.1) is 0 Å². The van der Waals surface area contributed by atoms with Crippen molar-refractivity contribution in [1.29, 1.82) is 0 Å². The first kappa shape index (κ1) is 16.0. The van der Waals surface area contributed by atoms with Gasteiger partial charge in [-0.05, 0) is 31.5 Å². The van der Waals surface area contributed by atoms with Crippen molar-refractivity contribution in [1.82, 2.24) is 10.2 Å². The number of piperidine rings is 1. The zero-order valence-corrected chi connectivity index (χ0v) is 13.4. The van der Waals surface area contributed by atoms with E-state index >= 15 is 0 Å². The van der Waals surface area contributed by atoms with Crippen molar-refractivity contribution in [2.24, 2.45) is 0 Å². The third-order valence-corrected chi connectivity index (χ3v) is 4.05. The molecule has 5 heteroatoms. The largest absolute Gasteiger partial charge is 0.490 e. The second-order valence-corrected chi connectivity index (χ2v) is 5.96. The lowest BCUT2D eigenvalue weighted by Gasteiger charge is -2.33. The van der Waals surface area contributed by atoms with Gasteiger partial charge in [-0.15, -0.1) is 0 Å². The van der Waals surface area contributed by atoms with Crippen LogP contribution in [-0.2, 0) is 0 Å². The Morgan fingerprint density at radius 3 is 2.81 bits per heavy atom. The van der Waals surface area contributed by atoms with E-state index in [0.29, 0.717) is 5.02 Å². The summed E-state index contributed by atoms with van der Waals surface area (Å²) >= 11 is 5.95. The Balaban J connectivity index is 1.79. The molecule has 1 N–H and O–H groups in total. The molecule has 0 saturated carbocycles. The van der Waals surface area contributed by atoms with Crippen LogP contribution in [0.1, 0.15) is 33.1 Å². The molecule has 1 aliphatic heterocycles. The Bertz CT molecular complexity index is 473. The maximum absolute atomic E-state index is 12.0. The van der Waals surface area contributed by atoms with Crippen LogP contribution in [0.25, 0.3) is 0 Å². The zero-order chi connectivity index (χ0) is 15.2. The van der Waals surface area contributed by atoms with Crippen molar-refractivity contribution in [3.63, 3.8) is 0 Å². The second-order valence-electron chi connectivity index (χ2n) is 5.52. The number of nitrogens with one attached hydrogen (secondary N) is 1. The van der Waals surface area contributed by atoms with Gasteiger partial charge in [-0.25, -0.2) is 4.79 Å². The summed E-state index contributed by atoms with van der Waals surface area (Å²) in [7, 11) is 0. The van der Waals surface area contributed by atoms with Gasteiger partial charge >= 0.3 is 6.03 Å². The van der Waals surface area contributed by atoms with Crippen LogP contribution in [0.4, 0.5) is 4.79 Å². The lowest BCUT2D eigenvalue weighted by molar-refractivity contribution is 0.110. The molecule has 2 rings (SSSR count). The molecule has 0 spiro atoms. The number of urea groups is 1. The minimum Gasteiger partial charge on any atom is -0.490 e. The summed E-state index contributed by atoms with van der Waals surface area (Å²) in [5.41, 5.74) is 0. The second kappa shape index (κ2) is 7.55. The van der Waals surface area contributed by atoms with Crippen molar-refractivity contribution in [3.8, 4) is 5.75 Å². The van der Waals surface area contributed by atoms with Crippen LogP contribution in [0.5, 0.6) is 5.75 Å². The number of halogens is 1. The standard InChI is InChI=1S/C16H23ClN2O2/c1-3-12(2)18-16(20)19-9-7-14(8-10-19)21-15-6-4-5-13(17)11-15/h4-6,11-12,14H,3,7-10H2,1-2H3,(H,18,20). The monoisotopic (exact) mass is 310 g/mol. The zero-order valence-electron chi connectivity index (χ0n) is 12.6. The van der Waals surface area contributed by atoms with Gasteiger partial charge in [-0.2, -0.15) is 0 Å². The minimum absolute atomic E-state index is 0.0329. The highest BCUT2D eigenvalue weighted by atomic mass is 35.5. The van der Waals surface area contributed by atoms with E-state index in [1.165, 1.54) is 0 Å². The lowest BCUT2D eigenvalue weighted by Crippen LogP contribution is -2.48.